The second kappa shape index (κ2) is 6.76. The molecule has 1 saturated heterocycles. The van der Waals surface area contributed by atoms with Gasteiger partial charge in [0.25, 0.3) is 0 Å². The lowest BCUT2D eigenvalue weighted by Crippen LogP contribution is -2.35. The Morgan fingerprint density at radius 2 is 1.68 bits per heavy atom. The summed E-state index contributed by atoms with van der Waals surface area (Å²) in [7, 11) is 0. The van der Waals surface area contributed by atoms with Gasteiger partial charge in [0.2, 0.25) is 11.8 Å². The van der Waals surface area contributed by atoms with E-state index in [9.17, 15) is 18.8 Å². The lowest BCUT2D eigenvalue weighted by molar-refractivity contribution is -0.143. The fourth-order valence-corrected chi connectivity index (χ4v) is 3.26. The van der Waals surface area contributed by atoms with Gasteiger partial charge in [-0.05, 0) is 48.4 Å². The summed E-state index contributed by atoms with van der Waals surface area (Å²) in [5.41, 5.74) is 0.988. The smallest absolute Gasteiger partial charge is 0.240 e. The Labute approximate surface area is 149 Å². The monoisotopic (exact) mass is 359 g/mol. The maximum atomic E-state index is 13.2. The topological polar surface area (TPSA) is 54.5 Å². The fourth-order valence-electron chi connectivity index (χ4n) is 3.13. The quantitative estimate of drug-likeness (QED) is 0.618. The highest BCUT2D eigenvalue weighted by Gasteiger charge is 2.45. The summed E-state index contributed by atoms with van der Waals surface area (Å²) in [6, 6.07) is 11.3. The zero-order valence-electron chi connectivity index (χ0n) is 13.4. The Balaban J connectivity index is 1.93. The summed E-state index contributed by atoms with van der Waals surface area (Å²) in [6.07, 6.45) is 0.172. The maximum absolute atomic E-state index is 13.2. The standard InChI is InChI=1S/C19H15ClFNO3/c1-11(23)22-17(12-4-8-15(21)9-5-12)10-16(19(22)25)18(24)13-2-6-14(20)7-3-13/h2-9,16-17H,10H2,1H3. The van der Waals surface area contributed by atoms with Crippen molar-refractivity contribution in [3.63, 3.8) is 0 Å². The number of Topliss-reactive ketones (excluding diaryl/α,β-unsaturated/α-hetero) is 1. The van der Waals surface area contributed by atoms with E-state index < -0.39 is 29.6 Å². The van der Waals surface area contributed by atoms with Crippen molar-refractivity contribution < 1.29 is 18.8 Å². The van der Waals surface area contributed by atoms with Crippen molar-refractivity contribution in [3.05, 3.63) is 70.5 Å². The zero-order valence-corrected chi connectivity index (χ0v) is 14.2. The summed E-state index contributed by atoms with van der Waals surface area (Å²) in [4.78, 5) is 38.4. The number of halogens is 2. The van der Waals surface area contributed by atoms with Crippen molar-refractivity contribution >= 4 is 29.2 Å². The van der Waals surface area contributed by atoms with Crippen LogP contribution in [-0.2, 0) is 9.59 Å². The van der Waals surface area contributed by atoms with Gasteiger partial charge in [0.1, 0.15) is 11.7 Å². The Bertz CT molecular complexity index is 833. The molecule has 6 heteroatoms. The highest BCUT2D eigenvalue weighted by atomic mass is 35.5. The van der Waals surface area contributed by atoms with Crippen LogP contribution in [0, 0.1) is 11.7 Å². The first-order valence-corrected chi connectivity index (χ1v) is 8.15. The van der Waals surface area contributed by atoms with Gasteiger partial charge >= 0.3 is 0 Å². The van der Waals surface area contributed by atoms with Crippen LogP contribution in [-0.4, -0.2) is 22.5 Å². The SMILES string of the molecule is CC(=O)N1C(=O)C(C(=O)c2ccc(Cl)cc2)CC1c1ccc(F)cc1. The molecule has 0 aromatic heterocycles. The minimum atomic E-state index is -0.944. The molecule has 1 heterocycles. The molecule has 2 aromatic rings. The van der Waals surface area contributed by atoms with E-state index in [1.807, 2.05) is 0 Å². The molecule has 25 heavy (non-hydrogen) atoms. The number of ketones is 1. The minimum absolute atomic E-state index is 0.172. The lowest BCUT2D eigenvalue weighted by Gasteiger charge is -2.21. The summed E-state index contributed by atoms with van der Waals surface area (Å²) in [5, 5.41) is 0.490. The van der Waals surface area contributed by atoms with Crippen LogP contribution in [0.15, 0.2) is 48.5 Å². The number of hydrogen-bond acceptors (Lipinski definition) is 3. The van der Waals surface area contributed by atoms with E-state index in [1.165, 1.54) is 31.2 Å². The second-order valence-corrected chi connectivity index (χ2v) is 6.39. The molecule has 2 atom stereocenters. The lowest BCUT2D eigenvalue weighted by atomic mass is 9.93. The van der Waals surface area contributed by atoms with E-state index >= 15 is 0 Å². The predicted octanol–water partition coefficient (Wildman–Crippen LogP) is 3.80. The Morgan fingerprint density at radius 1 is 1.08 bits per heavy atom. The molecule has 4 nitrogen and oxygen atoms in total. The van der Waals surface area contributed by atoms with E-state index in [0.29, 0.717) is 16.1 Å². The summed E-state index contributed by atoms with van der Waals surface area (Å²) in [6.45, 7) is 1.28. The Kier molecular flexibility index (Phi) is 4.68. The Hall–Kier alpha value is -2.53. The minimum Gasteiger partial charge on any atom is -0.293 e. The van der Waals surface area contributed by atoms with Gasteiger partial charge in [-0.1, -0.05) is 23.7 Å². The van der Waals surface area contributed by atoms with E-state index in [1.54, 1.807) is 24.3 Å². The first kappa shape index (κ1) is 17.3. The van der Waals surface area contributed by atoms with Crippen LogP contribution in [0.1, 0.15) is 35.3 Å². The molecule has 0 saturated carbocycles. The highest BCUT2D eigenvalue weighted by Crippen LogP contribution is 2.38. The van der Waals surface area contributed by atoms with Crippen LogP contribution in [0.5, 0.6) is 0 Å². The van der Waals surface area contributed by atoms with Crippen LogP contribution >= 0.6 is 11.6 Å². The third-order valence-electron chi connectivity index (χ3n) is 4.35. The van der Waals surface area contributed by atoms with E-state index in [-0.39, 0.29) is 12.2 Å². The Morgan fingerprint density at radius 3 is 2.24 bits per heavy atom. The van der Waals surface area contributed by atoms with Crippen molar-refractivity contribution in [2.75, 3.05) is 0 Å². The molecule has 2 unspecified atom stereocenters. The van der Waals surface area contributed by atoms with Gasteiger partial charge in [-0.3, -0.25) is 19.3 Å². The fraction of sp³-hybridized carbons (Fsp3) is 0.211. The number of carbonyl (C=O) groups excluding carboxylic acids is 3. The zero-order chi connectivity index (χ0) is 18.1. The van der Waals surface area contributed by atoms with E-state index in [0.717, 1.165) is 4.90 Å². The van der Waals surface area contributed by atoms with Crippen molar-refractivity contribution in [3.8, 4) is 0 Å². The van der Waals surface area contributed by atoms with Crippen LogP contribution in [0.3, 0.4) is 0 Å². The largest absolute Gasteiger partial charge is 0.293 e. The number of nitrogens with zero attached hydrogens (tertiary/aromatic N) is 1. The van der Waals surface area contributed by atoms with E-state index in [4.69, 9.17) is 11.6 Å². The van der Waals surface area contributed by atoms with Gasteiger partial charge in [-0.2, -0.15) is 0 Å². The first-order valence-electron chi connectivity index (χ1n) is 7.77. The second-order valence-electron chi connectivity index (χ2n) is 5.95. The van der Waals surface area contributed by atoms with Crippen LogP contribution < -0.4 is 0 Å². The van der Waals surface area contributed by atoms with Gasteiger partial charge < -0.3 is 0 Å². The van der Waals surface area contributed by atoms with Crippen molar-refractivity contribution in [1.82, 2.24) is 4.90 Å². The third-order valence-corrected chi connectivity index (χ3v) is 4.60. The molecule has 128 valence electrons. The number of carbonyl (C=O) groups is 3. The van der Waals surface area contributed by atoms with Gasteiger partial charge in [0.15, 0.2) is 5.78 Å². The summed E-state index contributed by atoms with van der Waals surface area (Å²) >= 11 is 5.82. The summed E-state index contributed by atoms with van der Waals surface area (Å²) in [5.74, 6) is -2.67. The molecule has 0 N–H and O–H groups in total. The maximum Gasteiger partial charge on any atom is 0.240 e. The number of imide groups is 1. The van der Waals surface area contributed by atoms with Crippen LogP contribution in [0.2, 0.25) is 5.02 Å². The van der Waals surface area contributed by atoms with Gasteiger partial charge in [-0.15, -0.1) is 0 Å². The molecule has 2 amide bonds. The average molecular weight is 360 g/mol. The molecule has 0 spiro atoms. The number of hydrogen-bond donors (Lipinski definition) is 0. The predicted molar refractivity (Wildman–Crippen MR) is 90.6 cm³/mol. The number of benzene rings is 2. The molecule has 0 radical (unpaired) electrons. The highest BCUT2D eigenvalue weighted by molar-refractivity contribution is 6.30. The van der Waals surface area contributed by atoms with Gasteiger partial charge in [0, 0.05) is 17.5 Å². The molecule has 2 aromatic carbocycles. The van der Waals surface area contributed by atoms with Crippen molar-refractivity contribution in [2.45, 2.75) is 19.4 Å². The van der Waals surface area contributed by atoms with Gasteiger partial charge in [0.05, 0.1) is 6.04 Å². The average Bonchev–Trinajstić information content (AvgIpc) is 2.93. The number of likely N-dealkylation sites (tertiary alicyclic amines) is 1. The molecule has 1 aliphatic rings. The van der Waals surface area contributed by atoms with Crippen molar-refractivity contribution in [1.29, 1.82) is 0 Å². The number of rotatable bonds is 3. The molecule has 0 bridgehead atoms. The first-order chi connectivity index (χ1) is 11.9. The summed E-state index contributed by atoms with van der Waals surface area (Å²) < 4.78 is 13.2. The molecular formula is C19H15ClFNO3. The van der Waals surface area contributed by atoms with Crippen LogP contribution in [0.4, 0.5) is 4.39 Å². The number of amides is 2. The third kappa shape index (κ3) is 3.33. The molecular weight excluding hydrogens is 345 g/mol. The van der Waals surface area contributed by atoms with E-state index in [2.05, 4.69) is 0 Å². The van der Waals surface area contributed by atoms with Gasteiger partial charge in [-0.25, -0.2) is 4.39 Å². The van der Waals surface area contributed by atoms with Crippen molar-refractivity contribution in [2.24, 2.45) is 5.92 Å². The normalized spacial score (nSPS) is 20.0. The molecule has 3 rings (SSSR count). The van der Waals surface area contributed by atoms with Crippen LogP contribution in [0.25, 0.3) is 0 Å². The molecule has 0 aliphatic carbocycles. The molecule has 1 aliphatic heterocycles. The molecule has 1 fully saturated rings.